The minimum Gasteiger partial charge on any atom is -0.352 e. The van der Waals surface area contributed by atoms with Crippen LogP contribution in [0.3, 0.4) is 0 Å². The van der Waals surface area contributed by atoms with Crippen molar-refractivity contribution in [2.24, 2.45) is 0 Å². The van der Waals surface area contributed by atoms with E-state index < -0.39 is 15.8 Å². The quantitative estimate of drug-likeness (QED) is 0.830. The first kappa shape index (κ1) is 14.6. The maximum absolute atomic E-state index is 13.8. The average Bonchev–Trinajstić information content (AvgIpc) is 3.32. The molecule has 2 heterocycles. The molecule has 21 heavy (non-hydrogen) atoms. The van der Waals surface area contributed by atoms with Gasteiger partial charge in [0.1, 0.15) is 6.33 Å². The summed E-state index contributed by atoms with van der Waals surface area (Å²) in [5.74, 6) is -0.210. The lowest BCUT2D eigenvalue weighted by molar-refractivity contribution is 0.318. The highest BCUT2D eigenvalue weighted by atomic mass is 32.2. The van der Waals surface area contributed by atoms with E-state index in [1.54, 1.807) is 7.05 Å². The Morgan fingerprint density at radius 1 is 1.38 bits per heavy atom. The Morgan fingerprint density at radius 2 is 2.14 bits per heavy atom. The molecule has 1 unspecified atom stereocenters. The van der Waals surface area contributed by atoms with Crippen LogP contribution in [-0.4, -0.2) is 54.1 Å². The Hall–Kier alpha value is -1.28. The van der Waals surface area contributed by atoms with Crippen LogP contribution in [0.4, 0.5) is 10.2 Å². The van der Waals surface area contributed by atoms with E-state index in [2.05, 4.69) is 9.97 Å². The lowest BCUT2D eigenvalue weighted by Gasteiger charge is -2.37. The van der Waals surface area contributed by atoms with Gasteiger partial charge in [-0.25, -0.2) is 22.8 Å². The maximum Gasteiger partial charge on any atom is 0.217 e. The molecule has 0 radical (unpaired) electrons. The van der Waals surface area contributed by atoms with Crippen LogP contribution in [0.15, 0.2) is 12.5 Å². The predicted octanol–water partition coefficient (Wildman–Crippen LogP) is 1.01. The smallest absolute Gasteiger partial charge is 0.217 e. The van der Waals surface area contributed by atoms with E-state index in [1.165, 1.54) is 10.6 Å². The number of anilines is 1. The minimum atomic E-state index is -3.20. The fraction of sp³-hybridized carbons (Fsp3) is 0.692. The third-order valence-electron chi connectivity index (χ3n) is 4.21. The number of likely N-dealkylation sites (N-methyl/N-ethyl adjacent to an activating group) is 1. The summed E-state index contributed by atoms with van der Waals surface area (Å²) in [5, 5.41) is -0.214. The molecule has 3 rings (SSSR count). The van der Waals surface area contributed by atoms with Crippen molar-refractivity contribution < 1.29 is 12.8 Å². The second-order valence-corrected chi connectivity index (χ2v) is 7.97. The third-order valence-corrected chi connectivity index (χ3v) is 6.62. The van der Waals surface area contributed by atoms with E-state index in [1.807, 2.05) is 4.90 Å². The molecule has 1 saturated carbocycles. The van der Waals surface area contributed by atoms with Crippen molar-refractivity contribution in [3.05, 3.63) is 18.3 Å². The zero-order valence-electron chi connectivity index (χ0n) is 11.9. The average molecular weight is 314 g/mol. The zero-order chi connectivity index (χ0) is 15.0. The first-order valence-electron chi connectivity index (χ1n) is 7.17. The molecule has 1 aliphatic carbocycles. The second kappa shape index (κ2) is 5.49. The number of halogens is 1. The van der Waals surface area contributed by atoms with Crippen molar-refractivity contribution in [3.63, 3.8) is 0 Å². The van der Waals surface area contributed by atoms with Crippen LogP contribution in [0.5, 0.6) is 0 Å². The molecular weight excluding hydrogens is 295 g/mol. The van der Waals surface area contributed by atoms with Crippen molar-refractivity contribution in [3.8, 4) is 0 Å². The topological polar surface area (TPSA) is 66.4 Å². The van der Waals surface area contributed by atoms with Gasteiger partial charge in [-0.3, -0.25) is 0 Å². The van der Waals surface area contributed by atoms with E-state index in [0.717, 1.165) is 31.9 Å². The van der Waals surface area contributed by atoms with Crippen LogP contribution in [0.25, 0.3) is 0 Å². The maximum atomic E-state index is 13.8. The number of sulfonamides is 1. The van der Waals surface area contributed by atoms with Crippen molar-refractivity contribution in [1.29, 1.82) is 0 Å². The summed E-state index contributed by atoms with van der Waals surface area (Å²) in [7, 11) is -1.56. The van der Waals surface area contributed by atoms with Crippen LogP contribution in [0, 0.1) is 5.82 Å². The van der Waals surface area contributed by atoms with Crippen molar-refractivity contribution in [2.45, 2.75) is 37.0 Å². The first-order chi connectivity index (χ1) is 10.00. The lowest BCUT2D eigenvalue weighted by Crippen LogP contribution is -2.49. The second-order valence-electron chi connectivity index (χ2n) is 5.70. The summed E-state index contributed by atoms with van der Waals surface area (Å²) in [5.41, 5.74) is 0. The highest BCUT2D eigenvalue weighted by Gasteiger charge is 2.41. The van der Waals surface area contributed by atoms with Crippen molar-refractivity contribution in [2.75, 3.05) is 25.0 Å². The summed E-state index contributed by atoms with van der Waals surface area (Å²) in [6.45, 7) is 1.15. The Morgan fingerprint density at radius 3 is 2.81 bits per heavy atom. The highest BCUT2D eigenvalue weighted by molar-refractivity contribution is 7.90. The molecule has 0 spiro atoms. The molecule has 0 aromatic carbocycles. The number of hydrogen-bond acceptors (Lipinski definition) is 5. The van der Waals surface area contributed by atoms with Gasteiger partial charge in [0.2, 0.25) is 10.0 Å². The SMILES string of the molecule is CN(C1CCCN(c2ncncc2F)C1)S(=O)(=O)C1CC1. The molecule has 1 aromatic heterocycles. The van der Waals surface area contributed by atoms with Gasteiger partial charge in [0.15, 0.2) is 11.6 Å². The van der Waals surface area contributed by atoms with Crippen LogP contribution in [0.1, 0.15) is 25.7 Å². The molecular formula is C13H19FN4O2S. The normalized spacial score (nSPS) is 23.6. The van der Waals surface area contributed by atoms with Crippen LogP contribution >= 0.6 is 0 Å². The summed E-state index contributed by atoms with van der Waals surface area (Å²) in [6, 6.07) is -0.126. The van der Waals surface area contributed by atoms with Crippen molar-refractivity contribution >= 4 is 15.8 Å². The zero-order valence-corrected chi connectivity index (χ0v) is 12.8. The van der Waals surface area contributed by atoms with Gasteiger partial charge >= 0.3 is 0 Å². The van der Waals surface area contributed by atoms with Crippen LogP contribution in [-0.2, 0) is 10.0 Å². The van der Waals surface area contributed by atoms with E-state index in [0.29, 0.717) is 13.1 Å². The fourth-order valence-corrected chi connectivity index (χ4v) is 4.58. The number of rotatable bonds is 4. The molecule has 1 atom stereocenters. The molecule has 1 aromatic rings. The molecule has 116 valence electrons. The number of piperidine rings is 1. The molecule has 0 amide bonds. The third kappa shape index (κ3) is 2.87. The fourth-order valence-electron chi connectivity index (χ4n) is 2.79. The Kier molecular flexibility index (Phi) is 3.83. The summed E-state index contributed by atoms with van der Waals surface area (Å²) in [4.78, 5) is 9.43. The van der Waals surface area contributed by atoms with E-state index in [9.17, 15) is 12.8 Å². The van der Waals surface area contributed by atoms with Gasteiger partial charge in [-0.05, 0) is 25.7 Å². The monoisotopic (exact) mass is 314 g/mol. The number of nitrogens with zero attached hydrogens (tertiary/aromatic N) is 4. The van der Waals surface area contributed by atoms with Gasteiger partial charge in [-0.1, -0.05) is 0 Å². The van der Waals surface area contributed by atoms with Crippen LogP contribution in [0.2, 0.25) is 0 Å². The summed E-state index contributed by atoms with van der Waals surface area (Å²) < 4.78 is 39.9. The molecule has 0 N–H and O–H groups in total. The predicted molar refractivity (Wildman–Crippen MR) is 76.9 cm³/mol. The minimum absolute atomic E-state index is 0.126. The first-order valence-corrected chi connectivity index (χ1v) is 8.68. The largest absolute Gasteiger partial charge is 0.352 e. The molecule has 1 aliphatic heterocycles. The molecule has 8 heteroatoms. The van der Waals surface area contributed by atoms with Gasteiger partial charge < -0.3 is 4.90 Å². The molecule has 6 nitrogen and oxygen atoms in total. The van der Waals surface area contributed by atoms with Crippen LogP contribution < -0.4 is 4.90 Å². The molecule has 2 aliphatic rings. The Labute approximate surface area is 124 Å². The lowest BCUT2D eigenvalue weighted by atomic mass is 10.1. The molecule has 1 saturated heterocycles. The summed E-state index contributed by atoms with van der Waals surface area (Å²) in [6.07, 6.45) is 5.57. The van der Waals surface area contributed by atoms with Gasteiger partial charge in [0.25, 0.3) is 0 Å². The number of hydrogen-bond donors (Lipinski definition) is 0. The van der Waals surface area contributed by atoms with E-state index >= 15 is 0 Å². The Bertz CT molecular complexity index is 620. The Balaban J connectivity index is 1.75. The number of aromatic nitrogens is 2. The van der Waals surface area contributed by atoms with Gasteiger partial charge in [-0.2, -0.15) is 4.31 Å². The molecule has 2 fully saturated rings. The van der Waals surface area contributed by atoms with Gasteiger partial charge in [0, 0.05) is 26.2 Å². The van der Waals surface area contributed by atoms with Gasteiger partial charge in [0.05, 0.1) is 11.4 Å². The van der Waals surface area contributed by atoms with E-state index in [4.69, 9.17) is 0 Å². The highest BCUT2D eigenvalue weighted by Crippen LogP contribution is 2.33. The van der Waals surface area contributed by atoms with E-state index in [-0.39, 0.29) is 17.1 Å². The molecule has 0 bridgehead atoms. The van der Waals surface area contributed by atoms with Crippen molar-refractivity contribution in [1.82, 2.24) is 14.3 Å². The standard InChI is InChI=1S/C13H19FN4O2S/c1-17(21(19,20)11-4-5-11)10-3-2-6-18(8-10)13-12(14)7-15-9-16-13/h7,9-11H,2-6,8H2,1H3. The van der Waals surface area contributed by atoms with Gasteiger partial charge in [-0.15, -0.1) is 0 Å². The summed E-state index contributed by atoms with van der Waals surface area (Å²) >= 11 is 0.